The second-order valence-electron chi connectivity index (χ2n) is 3.52. The molecule has 5 heteroatoms. The quantitative estimate of drug-likeness (QED) is 0.683. The number of rotatable bonds is 3. The number of esters is 1. The van der Waals surface area contributed by atoms with E-state index in [-0.39, 0.29) is 12.3 Å². The van der Waals surface area contributed by atoms with Gasteiger partial charge in [-0.25, -0.2) is 9.78 Å². The number of benzene rings is 1. The van der Waals surface area contributed by atoms with Crippen LogP contribution < -0.4 is 4.74 Å². The lowest BCUT2D eigenvalue weighted by Crippen LogP contribution is -2.13. The summed E-state index contributed by atoms with van der Waals surface area (Å²) >= 11 is 5.79. The van der Waals surface area contributed by atoms with Gasteiger partial charge in [-0.1, -0.05) is 23.7 Å². The number of carbonyl (C=O) groups excluding carboxylic acids is 1. The van der Waals surface area contributed by atoms with Crippen molar-refractivity contribution in [2.24, 2.45) is 0 Å². The van der Waals surface area contributed by atoms with Gasteiger partial charge in [-0.15, -0.1) is 0 Å². The molecule has 0 atom stereocenters. The van der Waals surface area contributed by atoms with Gasteiger partial charge in [-0.05, 0) is 24.3 Å². The normalized spacial score (nSPS) is 10.1. The fraction of sp³-hybridized carbons (Fsp3) is 0.0769. The van der Waals surface area contributed by atoms with Crippen molar-refractivity contribution in [3.63, 3.8) is 0 Å². The number of hydrogen-bond donors (Lipinski definition) is 1. The van der Waals surface area contributed by atoms with E-state index in [4.69, 9.17) is 21.4 Å². The van der Waals surface area contributed by atoms with Crippen LogP contribution in [0.3, 0.4) is 0 Å². The highest BCUT2D eigenvalue weighted by Gasteiger charge is 2.14. The maximum Gasteiger partial charge on any atom is 0.362 e. The fourth-order valence-corrected chi connectivity index (χ4v) is 1.62. The first-order valence-electron chi connectivity index (χ1n) is 5.23. The zero-order valence-electron chi connectivity index (χ0n) is 9.34. The summed E-state index contributed by atoms with van der Waals surface area (Å²) in [4.78, 5) is 15.8. The molecule has 0 saturated carbocycles. The van der Waals surface area contributed by atoms with Gasteiger partial charge in [0.2, 0.25) is 0 Å². The van der Waals surface area contributed by atoms with Crippen molar-refractivity contribution in [3.05, 3.63) is 58.9 Å². The lowest BCUT2D eigenvalue weighted by Gasteiger charge is -2.06. The van der Waals surface area contributed by atoms with Gasteiger partial charge in [0, 0.05) is 16.8 Å². The zero-order valence-corrected chi connectivity index (χ0v) is 10.1. The predicted octanol–water partition coefficient (Wildman–Crippen LogP) is 2.45. The SMILES string of the molecule is O=C(Oc1cccc(Cl)c1)c1ncccc1CO. The Kier molecular flexibility index (Phi) is 3.92. The van der Waals surface area contributed by atoms with Crippen LogP contribution in [-0.2, 0) is 6.61 Å². The van der Waals surface area contributed by atoms with Crippen LogP contribution in [0.4, 0.5) is 0 Å². The number of pyridine rings is 1. The van der Waals surface area contributed by atoms with Gasteiger partial charge in [-0.3, -0.25) is 0 Å². The molecule has 0 saturated heterocycles. The van der Waals surface area contributed by atoms with Crippen molar-refractivity contribution in [1.82, 2.24) is 4.98 Å². The molecule has 0 aliphatic carbocycles. The highest BCUT2D eigenvalue weighted by molar-refractivity contribution is 6.30. The van der Waals surface area contributed by atoms with E-state index in [2.05, 4.69) is 4.98 Å². The Morgan fingerprint density at radius 2 is 2.17 bits per heavy atom. The number of aliphatic hydroxyl groups is 1. The van der Waals surface area contributed by atoms with Crippen molar-refractivity contribution < 1.29 is 14.6 Å². The highest BCUT2D eigenvalue weighted by Crippen LogP contribution is 2.18. The summed E-state index contributed by atoms with van der Waals surface area (Å²) in [7, 11) is 0. The Labute approximate surface area is 109 Å². The molecule has 0 fully saturated rings. The van der Waals surface area contributed by atoms with Gasteiger partial charge in [0.05, 0.1) is 6.61 Å². The van der Waals surface area contributed by atoms with Gasteiger partial charge in [0.25, 0.3) is 0 Å². The average Bonchev–Trinajstić information content (AvgIpc) is 2.38. The zero-order chi connectivity index (χ0) is 13.0. The molecule has 0 radical (unpaired) electrons. The van der Waals surface area contributed by atoms with E-state index in [9.17, 15) is 4.79 Å². The number of hydrogen-bond acceptors (Lipinski definition) is 4. The summed E-state index contributed by atoms with van der Waals surface area (Å²) in [5.74, 6) is -0.288. The second kappa shape index (κ2) is 5.62. The Bertz CT molecular complexity index is 572. The molecular weight excluding hydrogens is 254 g/mol. The summed E-state index contributed by atoms with van der Waals surface area (Å²) in [6, 6.07) is 9.75. The van der Waals surface area contributed by atoms with Gasteiger partial charge in [-0.2, -0.15) is 0 Å². The largest absolute Gasteiger partial charge is 0.422 e. The molecule has 18 heavy (non-hydrogen) atoms. The van der Waals surface area contributed by atoms with E-state index in [0.29, 0.717) is 16.3 Å². The summed E-state index contributed by atoms with van der Waals surface area (Å²) < 4.78 is 5.13. The Balaban J connectivity index is 2.22. The third-order valence-corrected chi connectivity index (χ3v) is 2.50. The van der Waals surface area contributed by atoms with E-state index < -0.39 is 5.97 Å². The topological polar surface area (TPSA) is 59.4 Å². The first-order valence-corrected chi connectivity index (χ1v) is 5.61. The summed E-state index contributed by atoms with van der Waals surface area (Å²) in [6.07, 6.45) is 1.47. The molecule has 2 aromatic rings. The van der Waals surface area contributed by atoms with Crippen molar-refractivity contribution in [2.45, 2.75) is 6.61 Å². The molecule has 0 amide bonds. The molecule has 0 spiro atoms. The smallest absolute Gasteiger partial charge is 0.362 e. The fourth-order valence-electron chi connectivity index (χ4n) is 1.44. The number of aromatic nitrogens is 1. The van der Waals surface area contributed by atoms with Crippen molar-refractivity contribution in [2.75, 3.05) is 0 Å². The van der Waals surface area contributed by atoms with E-state index >= 15 is 0 Å². The van der Waals surface area contributed by atoms with Crippen LogP contribution in [0.25, 0.3) is 0 Å². The molecule has 4 nitrogen and oxygen atoms in total. The molecule has 2 rings (SSSR count). The van der Waals surface area contributed by atoms with Crippen LogP contribution >= 0.6 is 11.6 Å². The molecule has 92 valence electrons. The Morgan fingerprint density at radius 1 is 1.33 bits per heavy atom. The van der Waals surface area contributed by atoms with Crippen LogP contribution in [0.1, 0.15) is 16.1 Å². The van der Waals surface area contributed by atoms with Gasteiger partial charge < -0.3 is 9.84 Å². The van der Waals surface area contributed by atoms with Gasteiger partial charge in [0.15, 0.2) is 5.69 Å². The summed E-state index contributed by atoms with van der Waals surface area (Å²) in [6.45, 7) is -0.270. The maximum absolute atomic E-state index is 11.9. The summed E-state index contributed by atoms with van der Waals surface area (Å²) in [5.41, 5.74) is 0.518. The molecule has 1 aromatic carbocycles. The van der Waals surface area contributed by atoms with Gasteiger partial charge in [0.1, 0.15) is 5.75 Å². The average molecular weight is 264 g/mol. The minimum absolute atomic E-state index is 0.0972. The third-order valence-electron chi connectivity index (χ3n) is 2.26. The second-order valence-corrected chi connectivity index (χ2v) is 3.95. The van der Waals surface area contributed by atoms with Crippen molar-refractivity contribution >= 4 is 17.6 Å². The highest BCUT2D eigenvalue weighted by atomic mass is 35.5. The third kappa shape index (κ3) is 2.85. The molecule has 0 bridgehead atoms. The minimum atomic E-state index is -0.623. The van der Waals surface area contributed by atoms with E-state index in [0.717, 1.165) is 0 Å². The van der Waals surface area contributed by atoms with Crippen LogP contribution in [-0.4, -0.2) is 16.1 Å². The summed E-state index contributed by atoms with van der Waals surface area (Å²) in [5, 5.41) is 9.58. The van der Waals surface area contributed by atoms with Gasteiger partial charge >= 0.3 is 5.97 Å². The predicted molar refractivity (Wildman–Crippen MR) is 66.6 cm³/mol. The number of halogens is 1. The standard InChI is InChI=1S/C13H10ClNO3/c14-10-4-1-5-11(7-10)18-13(17)12-9(8-16)3-2-6-15-12/h1-7,16H,8H2. The van der Waals surface area contributed by atoms with Crippen LogP contribution in [0.2, 0.25) is 5.02 Å². The number of carbonyl (C=O) groups is 1. The van der Waals surface area contributed by atoms with Crippen LogP contribution in [0, 0.1) is 0 Å². The van der Waals surface area contributed by atoms with Crippen molar-refractivity contribution in [1.29, 1.82) is 0 Å². The van der Waals surface area contributed by atoms with E-state index in [1.807, 2.05) is 0 Å². The van der Waals surface area contributed by atoms with E-state index in [1.54, 1.807) is 30.3 Å². The van der Waals surface area contributed by atoms with Crippen LogP contribution in [0.15, 0.2) is 42.6 Å². The van der Waals surface area contributed by atoms with Crippen molar-refractivity contribution in [3.8, 4) is 5.75 Å². The van der Waals surface area contributed by atoms with Crippen LogP contribution in [0.5, 0.6) is 5.75 Å². The molecule has 0 aliphatic heterocycles. The monoisotopic (exact) mass is 263 g/mol. The minimum Gasteiger partial charge on any atom is -0.422 e. The molecule has 0 unspecified atom stereocenters. The Morgan fingerprint density at radius 3 is 2.89 bits per heavy atom. The molecular formula is C13H10ClNO3. The Hall–Kier alpha value is -1.91. The lowest BCUT2D eigenvalue weighted by molar-refractivity contribution is 0.0725. The molecule has 1 aromatic heterocycles. The number of aliphatic hydroxyl groups excluding tert-OH is 1. The first-order chi connectivity index (χ1) is 8.70. The molecule has 0 aliphatic rings. The number of nitrogens with zero attached hydrogens (tertiary/aromatic N) is 1. The number of ether oxygens (including phenoxy) is 1. The lowest BCUT2D eigenvalue weighted by atomic mass is 10.2. The first kappa shape index (κ1) is 12.5. The molecule has 1 heterocycles. The maximum atomic E-state index is 11.9. The molecule has 1 N–H and O–H groups in total. The van der Waals surface area contributed by atoms with E-state index in [1.165, 1.54) is 12.3 Å².